The van der Waals surface area contributed by atoms with Crippen LogP contribution < -0.4 is 0 Å². The molecule has 330 valence electrons. The van der Waals surface area contributed by atoms with Crippen LogP contribution in [0.4, 0.5) is 0 Å². The maximum atomic E-state index is 12.8. The summed E-state index contributed by atoms with van der Waals surface area (Å²) in [4.78, 5) is 25.3. The van der Waals surface area contributed by atoms with E-state index in [0.717, 1.165) is 44.9 Å². The fraction of sp³-hybridized carbons (Fsp3) is 0.907. The van der Waals surface area contributed by atoms with Crippen LogP contribution in [-0.4, -0.2) is 96.0 Å². The summed E-state index contributed by atoms with van der Waals surface area (Å²) in [5.74, 6) is -1.99. The molecule has 12 nitrogen and oxygen atoms in total. The van der Waals surface area contributed by atoms with Crippen molar-refractivity contribution in [3.63, 3.8) is 0 Å². The van der Waals surface area contributed by atoms with Gasteiger partial charge in [0.05, 0.1) is 6.61 Å². The number of hydrogen-bond donors (Lipinski definition) is 4. The average Bonchev–Trinajstić information content (AvgIpc) is 3.16. The molecular formula is C43H80O12S. The first-order valence-corrected chi connectivity index (χ1v) is 23.9. The summed E-state index contributed by atoms with van der Waals surface area (Å²) in [6.07, 6.45) is 25.4. The van der Waals surface area contributed by atoms with E-state index in [0.29, 0.717) is 12.8 Å². The predicted octanol–water partition coefficient (Wildman–Crippen LogP) is 8.67. The summed E-state index contributed by atoms with van der Waals surface area (Å²) >= 11 is 0. The van der Waals surface area contributed by atoms with E-state index >= 15 is 0 Å². The highest BCUT2D eigenvalue weighted by molar-refractivity contribution is 7.85. The number of hydrogen-bond acceptors (Lipinski definition) is 11. The lowest BCUT2D eigenvalue weighted by Crippen LogP contribution is -2.60. The van der Waals surface area contributed by atoms with Gasteiger partial charge in [-0.1, -0.05) is 154 Å². The molecule has 1 saturated heterocycles. The number of unbranched alkanes of at least 4 members (excludes halogenated alkanes) is 23. The molecule has 13 heteroatoms. The average molecular weight is 821 g/mol. The highest BCUT2D eigenvalue weighted by Gasteiger charge is 2.46. The van der Waals surface area contributed by atoms with Crippen LogP contribution in [0.15, 0.2) is 12.2 Å². The van der Waals surface area contributed by atoms with E-state index < -0.39 is 71.2 Å². The van der Waals surface area contributed by atoms with Crippen molar-refractivity contribution in [3.8, 4) is 0 Å². The van der Waals surface area contributed by atoms with Crippen molar-refractivity contribution in [3.05, 3.63) is 12.2 Å². The van der Waals surface area contributed by atoms with E-state index in [-0.39, 0.29) is 19.4 Å². The topological polar surface area (TPSA) is 186 Å². The molecule has 1 aliphatic rings. The molecule has 0 aromatic heterocycles. The van der Waals surface area contributed by atoms with Crippen molar-refractivity contribution in [2.75, 3.05) is 19.0 Å². The smallest absolute Gasteiger partial charge is 0.306 e. The third-order valence-corrected chi connectivity index (χ3v) is 11.1. The number of carbonyl (C=O) groups is 2. The van der Waals surface area contributed by atoms with Crippen LogP contribution in [-0.2, 0) is 38.7 Å². The van der Waals surface area contributed by atoms with Crippen LogP contribution in [0, 0.1) is 0 Å². The Hall–Kier alpha value is -1.61. The van der Waals surface area contributed by atoms with Gasteiger partial charge in [0.2, 0.25) is 0 Å². The standard InChI is InChI=1S/C43H80O12S/c1-3-5-7-9-11-13-15-17-18-20-22-24-26-28-30-32-39(45)54-36(34-53-43-42(48)41(47)40(46)37(55-43)35-56(49,50)51)33-52-38(44)31-29-27-25-23-21-19-16-14-12-10-8-6-4-2/h19,21,36-37,40-43,46-48H,3-18,20,22-35H2,1-2H3,(H,49,50,51)/b21-19+/t36-,37-,40-,41?,42?,43+/m1/s1. The van der Waals surface area contributed by atoms with E-state index in [9.17, 15) is 37.9 Å². The van der Waals surface area contributed by atoms with E-state index in [2.05, 4.69) is 26.0 Å². The monoisotopic (exact) mass is 821 g/mol. The Morgan fingerprint density at radius 3 is 1.50 bits per heavy atom. The lowest BCUT2D eigenvalue weighted by atomic mass is 10.00. The number of aliphatic hydroxyl groups is 3. The molecule has 0 aromatic carbocycles. The van der Waals surface area contributed by atoms with Gasteiger partial charge in [-0.05, 0) is 38.5 Å². The molecule has 0 spiro atoms. The third-order valence-electron chi connectivity index (χ3n) is 10.3. The fourth-order valence-corrected chi connectivity index (χ4v) is 7.54. The third kappa shape index (κ3) is 28.7. The first-order valence-electron chi connectivity index (χ1n) is 22.2. The molecular weight excluding hydrogens is 741 g/mol. The van der Waals surface area contributed by atoms with Crippen molar-refractivity contribution in [1.29, 1.82) is 0 Å². The minimum atomic E-state index is -4.60. The second-order valence-electron chi connectivity index (χ2n) is 15.7. The van der Waals surface area contributed by atoms with Gasteiger partial charge >= 0.3 is 11.9 Å². The molecule has 6 atom stereocenters. The van der Waals surface area contributed by atoms with Crippen molar-refractivity contribution in [2.24, 2.45) is 0 Å². The summed E-state index contributed by atoms with van der Waals surface area (Å²) < 4.78 is 54.0. The largest absolute Gasteiger partial charge is 0.462 e. The molecule has 1 fully saturated rings. The van der Waals surface area contributed by atoms with Crippen LogP contribution in [0.2, 0.25) is 0 Å². The zero-order chi connectivity index (χ0) is 41.3. The van der Waals surface area contributed by atoms with E-state index in [1.54, 1.807) is 0 Å². The van der Waals surface area contributed by atoms with Crippen molar-refractivity contribution >= 4 is 22.1 Å². The maximum absolute atomic E-state index is 12.8. The minimum absolute atomic E-state index is 0.167. The van der Waals surface area contributed by atoms with Gasteiger partial charge in [-0.15, -0.1) is 0 Å². The zero-order valence-electron chi connectivity index (χ0n) is 35.0. The molecule has 1 aliphatic heterocycles. The Bertz CT molecular complexity index is 1100. The molecule has 0 bridgehead atoms. The SMILES string of the molecule is CCCCCCCC/C=C/CCCCCC(=O)OC[C@H](CO[C@H]1O[C@H](CS(=O)(=O)O)[C@@H](O)C(O)C1O)OC(=O)CCCCCCCCCCCCCCCCC. The quantitative estimate of drug-likeness (QED) is 0.0203. The summed E-state index contributed by atoms with van der Waals surface area (Å²) in [5.41, 5.74) is 0. The highest BCUT2D eigenvalue weighted by Crippen LogP contribution is 2.24. The first kappa shape index (κ1) is 52.4. The molecule has 56 heavy (non-hydrogen) atoms. The maximum Gasteiger partial charge on any atom is 0.306 e. The number of allylic oxidation sites excluding steroid dienone is 2. The highest BCUT2D eigenvalue weighted by atomic mass is 32.2. The number of ether oxygens (including phenoxy) is 4. The second kappa shape index (κ2) is 34.3. The Labute approximate surface area is 339 Å². The van der Waals surface area contributed by atoms with Crippen LogP contribution in [0.3, 0.4) is 0 Å². The molecule has 0 saturated carbocycles. The minimum Gasteiger partial charge on any atom is -0.462 e. The fourth-order valence-electron chi connectivity index (χ4n) is 6.85. The van der Waals surface area contributed by atoms with E-state index in [4.69, 9.17) is 18.9 Å². The van der Waals surface area contributed by atoms with Crippen molar-refractivity contribution in [2.45, 2.75) is 230 Å². The van der Waals surface area contributed by atoms with Crippen LogP contribution in [0.5, 0.6) is 0 Å². The lowest BCUT2D eigenvalue weighted by Gasteiger charge is -2.40. The number of carbonyl (C=O) groups excluding carboxylic acids is 2. The second-order valence-corrected chi connectivity index (χ2v) is 17.2. The van der Waals surface area contributed by atoms with Gasteiger partial charge in [0, 0.05) is 12.8 Å². The predicted molar refractivity (Wildman–Crippen MR) is 220 cm³/mol. The first-order chi connectivity index (χ1) is 27.0. The molecule has 0 amide bonds. The summed E-state index contributed by atoms with van der Waals surface area (Å²) in [6, 6.07) is 0. The molecule has 1 heterocycles. The van der Waals surface area contributed by atoms with Crippen LogP contribution in [0.25, 0.3) is 0 Å². The molecule has 0 aromatic rings. The Balaban J connectivity index is 2.46. The summed E-state index contributed by atoms with van der Waals surface area (Å²) in [7, 11) is -4.60. The molecule has 0 radical (unpaired) electrons. The van der Waals surface area contributed by atoms with Gasteiger partial charge in [-0.25, -0.2) is 0 Å². The Morgan fingerprint density at radius 2 is 1.02 bits per heavy atom. The summed E-state index contributed by atoms with van der Waals surface area (Å²) in [6.45, 7) is 3.74. The van der Waals surface area contributed by atoms with Crippen LogP contribution in [0.1, 0.15) is 194 Å². The van der Waals surface area contributed by atoms with Gasteiger partial charge < -0.3 is 34.3 Å². The number of aliphatic hydroxyl groups excluding tert-OH is 3. The van der Waals surface area contributed by atoms with Gasteiger partial charge in [0.15, 0.2) is 12.4 Å². The Kier molecular flexibility index (Phi) is 32.1. The summed E-state index contributed by atoms with van der Waals surface area (Å²) in [5, 5.41) is 30.8. The van der Waals surface area contributed by atoms with Gasteiger partial charge in [-0.2, -0.15) is 8.42 Å². The molecule has 2 unspecified atom stereocenters. The van der Waals surface area contributed by atoms with Gasteiger partial charge in [0.25, 0.3) is 10.1 Å². The van der Waals surface area contributed by atoms with Crippen molar-refractivity contribution < 1.29 is 56.8 Å². The molecule has 4 N–H and O–H groups in total. The Morgan fingerprint density at radius 1 is 0.589 bits per heavy atom. The van der Waals surface area contributed by atoms with Gasteiger partial charge in [0.1, 0.15) is 36.8 Å². The molecule has 0 aliphatic carbocycles. The van der Waals surface area contributed by atoms with E-state index in [1.165, 1.54) is 109 Å². The van der Waals surface area contributed by atoms with Crippen LogP contribution >= 0.6 is 0 Å². The molecule has 1 rings (SSSR count). The van der Waals surface area contributed by atoms with Gasteiger partial charge in [-0.3, -0.25) is 14.1 Å². The lowest BCUT2D eigenvalue weighted by molar-refractivity contribution is -0.297. The number of esters is 2. The van der Waals surface area contributed by atoms with Crippen molar-refractivity contribution in [1.82, 2.24) is 0 Å². The number of rotatable bonds is 37. The zero-order valence-corrected chi connectivity index (χ0v) is 35.8. The normalized spacial score (nSPS) is 20.7. The van der Waals surface area contributed by atoms with E-state index in [1.807, 2.05) is 0 Å².